The van der Waals surface area contributed by atoms with Gasteiger partial charge in [0.2, 0.25) is 0 Å². The van der Waals surface area contributed by atoms with Crippen molar-refractivity contribution in [3.8, 4) is 5.75 Å². The second-order valence-electron chi connectivity index (χ2n) is 4.46. The number of nitrogens with zero attached hydrogens (tertiary/aromatic N) is 1. The molecule has 0 aliphatic carbocycles. The number of benzene rings is 2. The number of rotatable bonds is 5. The molecule has 5 nitrogen and oxygen atoms in total. The maximum Gasteiger partial charge on any atom is 0.269 e. The largest absolute Gasteiger partial charge is 0.489 e. The van der Waals surface area contributed by atoms with Gasteiger partial charge in [-0.3, -0.25) is 10.1 Å². The lowest BCUT2D eigenvalue weighted by atomic mass is 10.1. The predicted octanol–water partition coefficient (Wildman–Crippen LogP) is 3.23. The van der Waals surface area contributed by atoms with Crippen molar-refractivity contribution >= 4 is 5.69 Å². The van der Waals surface area contributed by atoms with Gasteiger partial charge in [-0.25, -0.2) is 0 Å². The van der Waals surface area contributed by atoms with Crippen LogP contribution in [-0.2, 0) is 6.61 Å². The van der Waals surface area contributed by atoms with E-state index < -0.39 is 11.0 Å². The van der Waals surface area contributed by atoms with E-state index in [9.17, 15) is 15.2 Å². The fraction of sp³-hybridized carbons (Fsp3) is 0.200. The van der Waals surface area contributed by atoms with Crippen molar-refractivity contribution in [3.05, 3.63) is 69.8 Å². The fourth-order valence-electron chi connectivity index (χ4n) is 1.74. The minimum absolute atomic E-state index is 0.0600. The van der Waals surface area contributed by atoms with E-state index in [0.29, 0.717) is 12.4 Å². The summed E-state index contributed by atoms with van der Waals surface area (Å²) in [6, 6.07) is 13.4. The first-order chi connectivity index (χ1) is 9.56. The quantitative estimate of drug-likeness (QED) is 0.670. The first kappa shape index (κ1) is 14.0. The van der Waals surface area contributed by atoms with E-state index in [1.165, 1.54) is 12.1 Å². The van der Waals surface area contributed by atoms with Crippen molar-refractivity contribution in [1.82, 2.24) is 0 Å². The van der Waals surface area contributed by atoms with E-state index in [4.69, 9.17) is 4.74 Å². The highest BCUT2D eigenvalue weighted by molar-refractivity contribution is 5.33. The molecule has 0 spiro atoms. The molecule has 0 aliphatic heterocycles. The minimum atomic E-state index is -0.544. The van der Waals surface area contributed by atoms with Crippen LogP contribution >= 0.6 is 0 Å². The minimum Gasteiger partial charge on any atom is -0.489 e. The number of ether oxygens (including phenoxy) is 1. The van der Waals surface area contributed by atoms with Crippen molar-refractivity contribution in [3.63, 3.8) is 0 Å². The van der Waals surface area contributed by atoms with Crippen LogP contribution in [0.15, 0.2) is 48.5 Å². The molecule has 1 N–H and O–H groups in total. The number of nitro benzene ring substituents is 1. The van der Waals surface area contributed by atoms with Gasteiger partial charge in [0, 0.05) is 12.1 Å². The van der Waals surface area contributed by atoms with Gasteiger partial charge in [-0.15, -0.1) is 0 Å². The third-order valence-electron chi connectivity index (χ3n) is 2.89. The first-order valence-electron chi connectivity index (χ1n) is 6.20. The maximum absolute atomic E-state index is 10.5. The number of nitro groups is 1. The molecule has 0 saturated carbocycles. The van der Waals surface area contributed by atoms with Crippen molar-refractivity contribution < 1.29 is 14.8 Å². The van der Waals surface area contributed by atoms with E-state index in [1.54, 1.807) is 31.2 Å². The zero-order chi connectivity index (χ0) is 14.5. The van der Waals surface area contributed by atoms with Crippen molar-refractivity contribution in [2.45, 2.75) is 19.6 Å². The van der Waals surface area contributed by atoms with Crippen LogP contribution in [0.5, 0.6) is 5.75 Å². The van der Waals surface area contributed by atoms with Crippen LogP contribution < -0.4 is 4.74 Å². The molecule has 2 aromatic rings. The summed E-state index contributed by atoms with van der Waals surface area (Å²) < 4.78 is 5.60. The van der Waals surface area contributed by atoms with Crippen LogP contribution in [0.25, 0.3) is 0 Å². The highest BCUT2D eigenvalue weighted by Crippen LogP contribution is 2.20. The average Bonchev–Trinajstić information content (AvgIpc) is 2.46. The molecular formula is C15H15NO4. The molecule has 2 rings (SSSR count). The Bertz CT molecular complexity index is 593. The van der Waals surface area contributed by atoms with Crippen LogP contribution in [0, 0.1) is 10.1 Å². The second-order valence-corrected chi connectivity index (χ2v) is 4.46. The molecule has 0 heterocycles. The third kappa shape index (κ3) is 3.55. The number of hydrogen-bond donors (Lipinski definition) is 1. The molecule has 0 amide bonds. The molecule has 0 aromatic heterocycles. The van der Waals surface area contributed by atoms with Gasteiger partial charge in [-0.1, -0.05) is 12.1 Å². The SMILES string of the molecule is C[C@@H](O)c1cccc(OCc2ccc([N+](=O)[O-])cc2)c1. The highest BCUT2D eigenvalue weighted by Gasteiger charge is 2.05. The Labute approximate surface area is 116 Å². The van der Waals surface area contributed by atoms with Crippen LogP contribution in [-0.4, -0.2) is 10.0 Å². The summed E-state index contributed by atoms with van der Waals surface area (Å²) in [6.07, 6.45) is -0.544. The Hall–Kier alpha value is -2.40. The summed E-state index contributed by atoms with van der Waals surface area (Å²) in [5.41, 5.74) is 1.69. The molecule has 0 radical (unpaired) electrons. The molecule has 104 valence electrons. The molecule has 0 fully saturated rings. The van der Waals surface area contributed by atoms with Gasteiger partial charge >= 0.3 is 0 Å². The molecule has 5 heteroatoms. The molecule has 0 aliphatic rings. The number of hydrogen-bond acceptors (Lipinski definition) is 4. The van der Waals surface area contributed by atoms with Gasteiger partial charge in [-0.2, -0.15) is 0 Å². The monoisotopic (exact) mass is 273 g/mol. The Morgan fingerprint density at radius 1 is 1.25 bits per heavy atom. The van der Waals surface area contributed by atoms with Gasteiger partial charge in [0.1, 0.15) is 12.4 Å². The van der Waals surface area contributed by atoms with Gasteiger partial charge in [0.25, 0.3) is 5.69 Å². The fourth-order valence-corrected chi connectivity index (χ4v) is 1.74. The van der Waals surface area contributed by atoms with E-state index >= 15 is 0 Å². The van der Waals surface area contributed by atoms with Crippen molar-refractivity contribution in [2.24, 2.45) is 0 Å². The van der Waals surface area contributed by atoms with Gasteiger partial charge in [0.15, 0.2) is 0 Å². The van der Waals surface area contributed by atoms with Gasteiger partial charge in [0.05, 0.1) is 11.0 Å². The molecule has 1 atom stereocenters. The summed E-state index contributed by atoms with van der Waals surface area (Å²) in [7, 11) is 0. The molecule has 2 aromatic carbocycles. The normalized spacial score (nSPS) is 11.9. The van der Waals surface area contributed by atoms with Crippen molar-refractivity contribution in [2.75, 3.05) is 0 Å². The Kier molecular flexibility index (Phi) is 4.32. The highest BCUT2D eigenvalue weighted by atomic mass is 16.6. The van der Waals surface area contributed by atoms with Crippen LogP contribution in [0.2, 0.25) is 0 Å². The lowest BCUT2D eigenvalue weighted by Gasteiger charge is -2.09. The van der Waals surface area contributed by atoms with Crippen LogP contribution in [0.3, 0.4) is 0 Å². The van der Waals surface area contributed by atoms with Crippen LogP contribution in [0.1, 0.15) is 24.2 Å². The molecule has 0 bridgehead atoms. The smallest absolute Gasteiger partial charge is 0.269 e. The maximum atomic E-state index is 10.5. The van der Waals surface area contributed by atoms with E-state index in [0.717, 1.165) is 11.1 Å². The summed E-state index contributed by atoms with van der Waals surface area (Å²) in [4.78, 5) is 10.1. The summed E-state index contributed by atoms with van der Waals surface area (Å²) in [5, 5.41) is 20.0. The first-order valence-corrected chi connectivity index (χ1v) is 6.20. The van der Waals surface area contributed by atoms with Crippen molar-refractivity contribution in [1.29, 1.82) is 0 Å². The number of non-ortho nitro benzene ring substituents is 1. The molecular weight excluding hydrogens is 258 g/mol. The zero-order valence-electron chi connectivity index (χ0n) is 11.0. The number of aliphatic hydroxyl groups is 1. The standard InChI is InChI=1S/C15H15NO4/c1-11(17)13-3-2-4-15(9-13)20-10-12-5-7-14(8-6-12)16(18)19/h2-9,11,17H,10H2,1H3/t11-/m1/s1. The van der Waals surface area contributed by atoms with E-state index in [2.05, 4.69) is 0 Å². The average molecular weight is 273 g/mol. The third-order valence-corrected chi connectivity index (χ3v) is 2.89. The zero-order valence-corrected chi connectivity index (χ0v) is 11.0. The lowest BCUT2D eigenvalue weighted by Crippen LogP contribution is -1.97. The topological polar surface area (TPSA) is 72.6 Å². The van der Waals surface area contributed by atoms with E-state index in [-0.39, 0.29) is 5.69 Å². The van der Waals surface area contributed by atoms with E-state index in [1.807, 2.05) is 12.1 Å². The Morgan fingerprint density at radius 2 is 1.95 bits per heavy atom. The summed E-state index contributed by atoms with van der Waals surface area (Å²) in [5.74, 6) is 0.654. The summed E-state index contributed by atoms with van der Waals surface area (Å²) in [6.45, 7) is 2.01. The Morgan fingerprint density at radius 3 is 2.55 bits per heavy atom. The predicted molar refractivity (Wildman–Crippen MR) is 74.5 cm³/mol. The Balaban J connectivity index is 2.01. The van der Waals surface area contributed by atoms with Gasteiger partial charge in [-0.05, 0) is 42.3 Å². The molecule has 20 heavy (non-hydrogen) atoms. The molecule has 0 unspecified atom stereocenters. The number of aliphatic hydroxyl groups excluding tert-OH is 1. The second kappa shape index (κ2) is 6.16. The van der Waals surface area contributed by atoms with Gasteiger partial charge < -0.3 is 9.84 Å². The molecule has 0 saturated heterocycles. The van der Waals surface area contributed by atoms with Crippen LogP contribution in [0.4, 0.5) is 5.69 Å². The summed E-state index contributed by atoms with van der Waals surface area (Å²) >= 11 is 0. The lowest BCUT2D eigenvalue weighted by molar-refractivity contribution is -0.384.